The van der Waals surface area contributed by atoms with Gasteiger partial charge in [-0.1, -0.05) is 58.6 Å². The molecule has 0 bridgehead atoms. The molecule has 0 spiro atoms. The number of rotatable bonds is 8. The molecule has 0 fully saturated rings. The quantitative estimate of drug-likeness (QED) is 0.302. The summed E-state index contributed by atoms with van der Waals surface area (Å²) in [6.07, 6.45) is 1.32. The molecular weight excluding hydrogens is 495 g/mol. The van der Waals surface area contributed by atoms with Crippen LogP contribution in [0.2, 0.25) is 15.1 Å². The lowest BCUT2D eigenvalue weighted by atomic mass is 10.2. The molecule has 168 valence electrons. The van der Waals surface area contributed by atoms with Crippen molar-refractivity contribution in [3.05, 3.63) is 86.4 Å². The Morgan fingerprint density at radius 2 is 1.72 bits per heavy atom. The van der Waals surface area contributed by atoms with E-state index in [1.807, 2.05) is 6.92 Å². The summed E-state index contributed by atoms with van der Waals surface area (Å²) in [6.45, 7) is 2.02. The molecule has 32 heavy (non-hydrogen) atoms. The van der Waals surface area contributed by atoms with Gasteiger partial charge in [0.15, 0.2) is 11.5 Å². The van der Waals surface area contributed by atoms with Gasteiger partial charge in [0.1, 0.15) is 6.61 Å². The summed E-state index contributed by atoms with van der Waals surface area (Å²) in [7, 11) is -2.32. The average molecular weight is 514 g/mol. The highest BCUT2D eigenvalue weighted by molar-refractivity contribution is 7.89. The largest absolute Gasteiger partial charge is 0.493 e. The third-order valence-electron chi connectivity index (χ3n) is 4.36. The van der Waals surface area contributed by atoms with E-state index in [9.17, 15) is 8.42 Å². The number of benzene rings is 3. The van der Waals surface area contributed by atoms with Gasteiger partial charge in [-0.25, -0.2) is 4.83 Å². The van der Waals surface area contributed by atoms with Gasteiger partial charge in [-0.15, -0.1) is 0 Å². The van der Waals surface area contributed by atoms with Gasteiger partial charge in [0.2, 0.25) is 0 Å². The molecule has 3 aromatic carbocycles. The monoisotopic (exact) mass is 512 g/mol. The van der Waals surface area contributed by atoms with E-state index in [1.165, 1.54) is 25.5 Å². The van der Waals surface area contributed by atoms with Gasteiger partial charge in [-0.3, -0.25) is 0 Å². The minimum absolute atomic E-state index is 0.112. The number of ether oxygens (including phenoxy) is 2. The van der Waals surface area contributed by atoms with E-state index in [-0.39, 0.29) is 16.5 Å². The third kappa shape index (κ3) is 6.07. The predicted octanol–water partition coefficient (Wildman–Crippen LogP) is 5.86. The van der Waals surface area contributed by atoms with Crippen molar-refractivity contribution in [1.82, 2.24) is 4.83 Å². The zero-order valence-corrected chi connectivity index (χ0v) is 20.2. The zero-order valence-electron chi connectivity index (χ0n) is 17.1. The average Bonchev–Trinajstić information content (AvgIpc) is 2.74. The van der Waals surface area contributed by atoms with Crippen LogP contribution in [0.3, 0.4) is 0 Å². The lowest BCUT2D eigenvalue weighted by Crippen LogP contribution is -2.18. The van der Waals surface area contributed by atoms with Crippen LogP contribution in [0, 0.1) is 6.92 Å². The Hall–Kier alpha value is -2.45. The number of halogens is 3. The Bertz CT molecular complexity index is 1250. The second-order valence-electron chi connectivity index (χ2n) is 6.72. The minimum Gasteiger partial charge on any atom is -0.493 e. The van der Waals surface area contributed by atoms with Gasteiger partial charge >= 0.3 is 0 Å². The van der Waals surface area contributed by atoms with E-state index in [0.717, 1.165) is 11.1 Å². The molecule has 0 unspecified atom stereocenters. The lowest BCUT2D eigenvalue weighted by Gasteiger charge is -2.14. The van der Waals surface area contributed by atoms with E-state index >= 15 is 0 Å². The first-order chi connectivity index (χ1) is 15.2. The van der Waals surface area contributed by atoms with Crippen molar-refractivity contribution in [2.24, 2.45) is 5.10 Å². The predicted molar refractivity (Wildman–Crippen MR) is 128 cm³/mol. The topological polar surface area (TPSA) is 77.0 Å². The molecule has 0 aliphatic carbocycles. The van der Waals surface area contributed by atoms with Crippen LogP contribution in [0.15, 0.2) is 64.6 Å². The van der Waals surface area contributed by atoms with Crippen LogP contribution in [0.25, 0.3) is 0 Å². The standard InChI is InChI=1S/C22H19Cl3N2O4S/c1-14-3-7-18(8-4-14)32(28,29)27-26-12-15-9-20(25)22(21(10-15)30-2)31-13-16-5-6-17(23)11-19(16)24/h3-12,27H,13H2,1-2H3/b26-12-. The van der Waals surface area contributed by atoms with Crippen molar-refractivity contribution < 1.29 is 17.9 Å². The number of hydrogen-bond donors (Lipinski definition) is 1. The summed E-state index contributed by atoms with van der Waals surface area (Å²) in [5, 5.41) is 5.08. The second kappa shape index (κ2) is 10.4. The number of hydrogen-bond acceptors (Lipinski definition) is 5. The molecule has 0 radical (unpaired) electrons. The molecule has 0 aliphatic rings. The minimum atomic E-state index is -3.79. The number of aryl methyl sites for hydroxylation is 1. The lowest BCUT2D eigenvalue weighted by molar-refractivity contribution is 0.285. The highest BCUT2D eigenvalue weighted by Crippen LogP contribution is 2.37. The molecule has 6 nitrogen and oxygen atoms in total. The first kappa shape index (κ1) is 24.2. The highest BCUT2D eigenvalue weighted by atomic mass is 35.5. The maximum atomic E-state index is 12.3. The molecule has 0 saturated heterocycles. The van der Waals surface area contributed by atoms with Crippen LogP contribution in [0.5, 0.6) is 11.5 Å². The molecular formula is C22H19Cl3N2O4S. The van der Waals surface area contributed by atoms with Gasteiger partial charge in [0.05, 0.1) is 23.2 Å². The summed E-state index contributed by atoms with van der Waals surface area (Å²) in [5.74, 6) is 0.669. The summed E-state index contributed by atoms with van der Waals surface area (Å²) < 4.78 is 35.8. The molecule has 0 saturated carbocycles. The van der Waals surface area contributed by atoms with E-state index in [0.29, 0.717) is 27.1 Å². The Labute approximate surface area is 201 Å². The van der Waals surface area contributed by atoms with Gasteiger partial charge < -0.3 is 9.47 Å². The van der Waals surface area contributed by atoms with Gasteiger partial charge in [0.25, 0.3) is 10.0 Å². The number of sulfonamides is 1. The summed E-state index contributed by atoms with van der Waals surface area (Å²) in [6, 6.07) is 14.7. The van der Waals surface area contributed by atoms with Gasteiger partial charge in [-0.2, -0.15) is 13.5 Å². The Morgan fingerprint density at radius 1 is 1.00 bits per heavy atom. The smallest absolute Gasteiger partial charge is 0.276 e. The van der Waals surface area contributed by atoms with E-state index < -0.39 is 10.0 Å². The molecule has 3 aromatic rings. The summed E-state index contributed by atoms with van der Waals surface area (Å²) >= 11 is 18.5. The van der Waals surface area contributed by atoms with Crippen LogP contribution in [-0.4, -0.2) is 21.7 Å². The molecule has 3 rings (SSSR count). The van der Waals surface area contributed by atoms with Crippen LogP contribution in [0.1, 0.15) is 16.7 Å². The first-order valence-electron chi connectivity index (χ1n) is 9.25. The SMILES string of the molecule is COc1cc(/C=N\NS(=O)(=O)c2ccc(C)cc2)cc(Cl)c1OCc1ccc(Cl)cc1Cl. The van der Waals surface area contributed by atoms with Gasteiger partial charge in [-0.05, 0) is 48.9 Å². The molecule has 0 aromatic heterocycles. The summed E-state index contributed by atoms with van der Waals surface area (Å²) in [4.78, 5) is 2.28. The molecule has 1 N–H and O–H groups in total. The van der Waals surface area contributed by atoms with Gasteiger partial charge in [0, 0.05) is 15.6 Å². The maximum Gasteiger partial charge on any atom is 0.276 e. The third-order valence-corrected chi connectivity index (χ3v) is 6.46. The Morgan fingerprint density at radius 3 is 2.38 bits per heavy atom. The van der Waals surface area contributed by atoms with Crippen molar-refractivity contribution in [3.8, 4) is 11.5 Å². The summed E-state index contributed by atoms with van der Waals surface area (Å²) in [5.41, 5.74) is 2.19. The zero-order chi connectivity index (χ0) is 23.3. The van der Waals surface area contributed by atoms with Crippen LogP contribution >= 0.6 is 34.8 Å². The highest BCUT2D eigenvalue weighted by Gasteiger charge is 2.14. The molecule has 0 heterocycles. The first-order valence-corrected chi connectivity index (χ1v) is 11.9. The van der Waals surface area contributed by atoms with Crippen molar-refractivity contribution >= 4 is 51.0 Å². The van der Waals surface area contributed by atoms with Crippen molar-refractivity contribution in [2.75, 3.05) is 7.11 Å². The van der Waals surface area contributed by atoms with Crippen LogP contribution in [0.4, 0.5) is 0 Å². The fraction of sp³-hybridized carbons (Fsp3) is 0.136. The Kier molecular flexibility index (Phi) is 7.90. The van der Waals surface area contributed by atoms with E-state index in [4.69, 9.17) is 44.3 Å². The van der Waals surface area contributed by atoms with Crippen LogP contribution in [-0.2, 0) is 16.6 Å². The number of nitrogens with zero attached hydrogens (tertiary/aromatic N) is 1. The fourth-order valence-corrected chi connectivity index (χ4v) is 4.21. The fourth-order valence-electron chi connectivity index (χ4n) is 2.68. The van der Waals surface area contributed by atoms with Crippen molar-refractivity contribution in [2.45, 2.75) is 18.4 Å². The van der Waals surface area contributed by atoms with Crippen molar-refractivity contribution in [3.63, 3.8) is 0 Å². The normalized spacial score (nSPS) is 11.5. The maximum absolute atomic E-state index is 12.3. The van der Waals surface area contributed by atoms with Crippen LogP contribution < -0.4 is 14.3 Å². The molecule has 10 heteroatoms. The second-order valence-corrected chi connectivity index (χ2v) is 9.64. The Balaban J connectivity index is 1.74. The number of hydrazone groups is 1. The number of nitrogens with one attached hydrogen (secondary N) is 1. The van der Waals surface area contributed by atoms with Crippen molar-refractivity contribution in [1.29, 1.82) is 0 Å². The molecule has 0 atom stereocenters. The van der Waals surface area contributed by atoms with E-state index in [1.54, 1.807) is 42.5 Å². The molecule has 0 aliphatic heterocycles. The molecule has 0 amide bonds. The number of methoxy groups -OCH3 is 1. The van der Waals surface area contributed by atoms with E-state index in [2.05, 4.69) is 9.93 Å².